The minimum atomic E-state index is 0.858. The largest absolute Gasteiger partial charge is 0.400 e. The quantitative estimate of drug-likeness (QED) is 0.115. The van der Waals surface area contributed by atoms with Crippen molar-refractivity contribution in [2.45, 2.75) is 47.1 Å². The smallest absolute Gasteiger partial charge is 0.117 e. The highest BCUT2D eigenvalue weighted by molar-refractivity contribution is 6.17. The molecule has 228 valence electrons. The molecule has 0 bridgehead atoms. The van der Waals surface area contributed by atoms with Crippen molar-refractivity contribution in [1.82, 2.24) is 4.57 Å². The number of aliphatic hydroxyl groups is 1. The second-order valence-electron chi connectivity index (χ2n) is 10.0. The Hall–Kier alpha value is -4.67. The molecule has 0 saturated heterocycles. The number of aliphatic hydroxyl groups excluding tert-OH is 1. The number of fused-ring (bicyclic) bond motifs is 4. The van der Waals surface area contributed by atoms with Crippen LogP contribution in [0.4, 0.5) is 0 Å². The summed E-state index contributed by atoms with van der Waals surface area (Å²) < 4.78 is 2.45. The zero-order valence-corrected chi connectivity index (χ0v) is 27.1. The molecule has 5 aromatic carbocycles. The lowest BCUT2D eigenvalue weighted by molar-refractivity contribution is 0.214. The summed E-state index contributed by atoms with van der Waals surface area (Å²) >= 11 is 0. The lowest BCUT2D eigenvalue weighted by Gasteiger charge is -2.10. The van der Waals surface area contributed by atoms with Gasteiger partial charge in [-0.2, -0.15) is 0 Å². The van der Waals surface area contributed by atoms with Crippen LogP contribution in [0.5, 0.6) is 0 Å². The average Bonchev–Trinajstić information content (AvgIpc) is 3.39. The molecule has 1 N–H and O–H groups in total. The van der Waals surface area contributed by atoms with Crippen LogP contribution in [0.3, 0.4) is 0 Å². The third-order valence-corrected chi connectivity index (χ3v) is 7.45. The molecular weight excluding hydrogens is 540 g/mol. The van der Waals surface area contributed by atoms with E-state index in [-0.39, 0.29) is 0 Å². The van der Waals surface area contributed by atoms with Crippen LogP contribution < -0.4 is 0 Å². The summed E-state index contributed by atoms with van der Waals surface area (Å²) in [6, 6.07) is 37.4. The van der Waals surface area contributed by atoms with Gasteiger partial charge in [0.1, 0.15) is 12.8 Å². The van der Waals surface area contributed by atoms with Gasteiger partial charge in [-0.25, -0.2) is 0 Å². The molecule has 1 aromatic heterocycles. The minimum absolute atomic E-state index is 0.858. The van der Waals surface area contributed by atoms with Gasteiger partial charge >= 0.3 is 0 Å². The highest BCUT2D eigenvalue weighted by Crippen LogP contribution is 2.32. The van der Waals surface area contributed by atoms with E-state index < -0.39 is 0 Å². The van der Waals surface area contributed by atoms with Gasteiger partial charge in [0, 0.05) is 46.6 Å². The Balaban J connectivity index is 0.000000832. The molecule has 0 saturated carbocycles. The van der Waals surface area contributed by atoms with Crippen molar-refractivity contribution in [3.63, 3.8) is 0 Å². The Kier molecular flexibility index (Phi) is 12.9. The average molecular weight is 587 g/mol. The summed E-state index contributed by atoms with van der Waals surface area (Å²) in [4.78, 5) is 5.31. The third-order valence-electron chi connectivity index (χ3n) is 7.45. The van der Waals surface area contributed by atoms with E-state index in [2.05, 4.69) is 140 Å². The predicted molar refractivity (Wildman–Crippen MR) is 191 cm³/mol. The van der Waals surface area contributed by atoms with Gasteiger partial charge in [-0.05, 0) is 71.5 Å². The topological polar surface area (TPSA) is 46.8 Å². The molecule has 0 aliphatic rings. The maximum atomic E-state index is 7.00. The van der Waals surface area contributed by atoms with E-state index >= 15 is 0 Å². The number of benzene rings is 5. The van der Waals surface area contributed by atoms with Crippen molar-refractivity contribution in [3.05, 3.63) is 144 Å². The van der Waals surface area contributed by atoms with Crippen molar-refractivity contribution in [3.8, 4) is 0 Å². The number of oxime groups is 1. The monoisotopic (exact) mass is 586 g/mol. The van der Waals surface area contributed by atoms with Gasteiger partial charge in [0.2, 0.25) is 0 Å². The Labute approximate surface area is 262 Å². The fraction of sp³-hybridized carbons (Fsp3) is 0.225. The van der Waals surface area contributed by atoms with Gasteiger partial charge in [-0.15, -0.1) is 13.2 Å². The van der Waals surface area contributed by atoms with Crippen molar-refractivity contribution >= 4 is 38.3 Å². The summed E-state index contributed by atoms with van der Waals surface area (Å²) in [5.74, 6) is 0. The molecule has 6 aromatic rings. The zero-order chi connectivity index (χ0) is 32.1. The molecule has 0 unspecified atom stereocenters. The molecule has 6 rings (SSSR count). The first-order valence-corrected chi connectivity index (χ1v) is 15.3. The number of aromatic nitrogens is 1. The Morgan fingerprint density at radius 2 is 1.34 bits per heavy atom. The van der Waals surface area contributed by atoms with Crippen molar-refractivity contribution in [2.24, 2.45) is 5.16 Å². The van der Waals surface area contributed by atoms with Gasteiger partial charge in [-0.3, -0.25) is 0 Å². The van der Waals surface area contributed by atoms with Crippen LogP contribution in [0.25, 0.3) is 32.6 Å². The van der Waals surface area contributed by atoms with Crippen molar-refractivity contribution in [1.29, 1.82) is 0 Å². The third kappa shape index (κ3) is 7.27. The van der Waals surface area contributed by atoms with Crippen LogP contribution in [0.2, 0.25) is 0 Å². The van der Waals surface area contributed by atoms with Gasteiger partial charge in [-0.1, -0.05) is 105 Å². The Morgan fingerprint density at radius 1 is 0.750 bits per heavy atom. The molecule has 4 heteroatoms. The number of nitrogens with zero attached hydrogens (tertiary/aromatic N) is 2. The lowest BCUT2D eigenvalue weighted by Crippen LogP contribution is -2.06. The van der Waals surface area contributed by atoms with E-state index in [1.54, 1.807) is 7.11 Å². The summed E-state index contributed by atoms with van der Waals surface area (Å²) in [6.45, 7) is 15.3. The predicted octanol–water partition coefficient (Wildman–Crippen LogP) is 10.1. The molecule has 0 aliphatic carbocycles. The summed E-state index contributed by atoms with van der Waals surface area (Å²) in [7, 11) is 2.61. The van der Waals surface area contributed by atoms with Crippen molar-refractivity contribution < 1.29 is 9.94 Å². The number of hydrogen-bond donors (Lipinski definition) is 1. The zero-order valence-electron chi connectivity index (χ0n) is 27.1. The molecule has 0 amide bonds. The van der Waals surface area contributed by atoms with E-state index in [1.807, 2.05) is 13.8 Å². The Bertz CT molecular complexity index is 1830. The first kappa shape index (κ1) is 33.8. The molecule has 0 spiro atoms. The number of rotatable bonds is 7. The first-order valence-electron chi connectivity index (χ1n) is 15.3. The summed E-state index contributed by atoms with van der Waals surface area (Å²) in [6.07, 6.45) is 1.99. The second kappa shape index (κ2) is 16.8. The van der Waals surface area contributed by atoms with Crippen LogP contribution in [-0.4, -0.2) is 29.6 Å². The first-order chi connectivity index (χ1) is 21.7. The fourth-order valence-corrected chi connectivity index (χ4v) is 5.64. The number of hydrogen-bond acceptors (Lipinski definition) is 3. The maximum Gasteiger partial charge on any atom is 0.117 e. The SMILES string of the molecule is C=C.CC.CCCn1c2ccc(Cc3ccc4ccccc4c3)cc2c2cc(/C(=N/OC)c3ccccc3C)ccc21.CO. The van der Waals surface area contributed by atoms with Crippen LogP contribution in [0.1, 0.15) is 55.0 Å². The number of aryl methyl sites for hydroxylation is 2. The van der Waals surface area contributed by atoms with E-state index in [0.29, 0.717) is 0 Å². The Morgan fingerprint density at radius 3 is 2.02 bits per heavy atom. The fourth-order valence-electron chi connectivity index (χ4n) is 5.64. The minimum Gasteiger partial charge on any atom is -0.400 e. The van der Waals surface area contributed by atoms with Crippen LogP contribution in [0.15, 0.2) is 121 Å². The highest BCUT2D eigenvalue weighted by Gasteiger charge is 2.16. The molecule has 44 heavy (non-hydrogen) atoms. The molecule has 1 heterocycles. The summed E-state index contributed by atoms with van der Waals surface area (Å²) in [5, 5.41) is 16.6. The van der Waals surface area contributed by atoms with Crippen molar-refractivity contribution in [2.75, 3.05) is 14.2 Å². The van der Waals surface area contributed by atoms with Gasteiger partial charge in [0.15, 0.2) is 0 Å². The van der Waals surface area contributed by atoms with Gasteiger partial charge < -0.3 is 14.5 Å². The van der Waals surface area contributed by atoms with Crippen LogP contribution in [0, 0.1) is 6.92 Å². The van der Waals surface area contributed by atoms with Crippen LogP contribution in [-0.2, 0) is 17.8 Å². The summed E-state index contributed by atoms with van der Waals surface area (Å²) in [5.41, 5.74) is 9.36. The van der Waals surface area contributed by atoms with E-state index in [9.17, 15) is 0 Å². The maximum absolute atomic E-state index is 7.00. The van der Waals surface area contributed by atoms with Gasteiger partial charge in [0.25, 0.3) is 0 Å². The van der Waals surface area contributed by atoms with E-state index in [4.69, 9.17) is 9.94 Å². The molecule has 4 nitrogen and oxygen atoms in total. The standard InChI is InChI=1S/C35H32N2O.C2H6.C2H4.CH4O/c1-4-19-37-33-17-14-26(20-25-13-15-27-10-6-7-11-28(27)21-25)22-31(33)32-23-29(16-18-34(32)37)35(36-38-3)30-12-8-5-9-24(30)2;3*1-2/h5-18,21-23H,4,19-20H2,1-3H3;1-2H3;1-2H2;2H,1H3/b36-35-;;;. The normalized spacial score (nSPS) is 10.8. The molecule has 0 fully saturated rings. The van der Waals surface area contributed by atoms with Crippen LogP contribution >= 0.6 is 0 Å². The van der Waals surface area contributed by atoms with Gasteiger partial charge in [0.05, 0.1) is 0 Å². The van der Waals surface area contributed by atoms with E-state index in [0.717, 1.165) is 43.3 Å². The van der Waals surface area contributed by atoms with E-state index in [1.165, 1.54) is 49.3 Å². The highest BCUT2D eigenvalue weighted by atomic mass is 16.6. The molecule has 0 atom stereocenters. The molecule has 0 radical (unpaired) electrons. The molecular formula is C40H46N2O2. The second-order valence-corrected chi connectivity index (χ2v) is 10.0. The lowest BCUT2D eigenvalue weighted by atomic mass is 9.96. The molecule has 0 aliphatic heterocycles.